The van der Waals surface area contributed by atoms with Crippen molar-refractivity contribution in [3.63, 3.8) is 0 Å². The molecule has 5 rings (SSSR count). The van der Waals surface area contributed by atoms with E-state index < -0.39 is 0 Å². The van der Waals surface area contributed by atoms with E-state index in [1.54, 1.807) is 36.4 Å². The highest BCUT2D eigenvalue weighted by Crippen LogP contribution is 2.34. The number of amides is 1. The normalized spacial score (nSPS) is 17.3. The van der Waals surface area contributed by atoms with Crippen LogP contribution in [-0.2, 0) is 9.53 Å². The highest BCUT2D eigenvalue weighted by molar-refractivity contribution is 8.26. The summed E-state index contributed by atoms with van der Waals surface area (Å²) in [5.74, 6) is 0.0310. The molecule has 0 radical (unpaired) electrons. The number of para-hydroxylation sites is 1. The number of thioether (sulfide) groups is 1. The number of thiocarbonyl (C=S) groups is 1. The number of anilines is 2. The summed E-state index contributed by atoms with van der Waals surface area (Å²) >= 11 is 6.65. The Balaban J connectivity index is 1.50. The fourth-order valence-corrected chi connectivity index (χ4v) is 5.96. The van der Waals surface area contributed by atoms with Crippen LogP contribution in [0.2, 0.25) is 0 Å². The maximum atomic E-state index is 14.4. The predicted molar refractivity (Wildman–Crippen MR) is 153 cm³/mol. The lowest BCUT2D eigenvalue weighted by atomic mass is 10.2. The fourth-order valence-electron chi connectivity index (χ4n) is 4.67. The first-order chi connectivity index (χ1) is 18.4. The average molecular weight is 554 g/mol. The lowest BCUT2D eigenvalue weighted by Crippen LogP contribution is -2.47. The zero-order valence-electron chi connectivity index (χ0n) is 21.2. The highest BCUT2D eigenvalue weighted by Gasteiger charge is 2.33. The summed E-state index contributed by atoms with van der Waals surface area (Å²) in [5.41, 5.74) is 2.09. The number of hydrogen-bond acceptors (Lipinski definition) is 8. The number of carbonyl (C=O) groups is 1. The van der Waals surface area contributed by atoms with Crippen LogP contribution < -0.4 is 15.4 Å². The summed E-state index contributed by atoms with van der Waals surface area (Å²) in [6, 6.07) is 10.5. The molecule has 0 saturated carbocycles. The predicted octanol–water partition coefficient (Wildman–Crippen LogP) is 3.71. The van der Waals surface area contributed by atoms with Gasteiger partial charge in [0, 0.05) is 52.6 Å². The average Bonchev–Trinajstić information content (AvgIpc) is 3.18. The molecule has 0 unspecified atom stereocenters. The molecule has 2 saturated heterocycles. The van der Waals surface area contributed by atoms with Crippen molar-refractivity contribution in [2.45, 2.75) is 13.3 Å². The van der Waals surface area contributed by atoms with Crippen LogP contribution >= 0.6 is 24.0 Å². The minimum Gasteiger partial charge on any atom is -0.385 e. The standard InChI is InChI=1S/C27H28FN5O3S2/c1-18-8-9-23-29-24(31-13-11-30(12-14-31)21-7-4-3-6-20(21)28)19(25(34)33(23)17-18)16-22-26(35)32(27(37)38-22)10-5-15-36-2/h3-4,6-9,16-17H,5,10-15H2,1-2H3/b22-16-. The molecule has 3 aromatic rings. The molecule has 8 nitrogen and oxygen atoms in total. The van der Waals surface area contributed by atoms with Gasteiger partial charge in [-0.25, -0.2) is 9.37 Å². The van der Waals surface area contributed by atoms with Crippen LogP contribution in [0.15, 0.2) is 52.3 Å². The number of ether oxygens (including phenoxy) is 1. The van der Waals surface area contributed by atoms with Crippen LogP contribution in [0.25, 0.3) is 11.7 Å². The molecule has 2 aliphatic heterocycles. The molecule has 2 aliphatic rings. The van der Waals surface area contributed by atoms with Gasteiger partial charge in [0.05, 0.1) is 16.2 Å². The number of halogens is 1. The number of aryl methyl sites for hydroxylation is 1. The number of methoxy groups -OCH3 is 1. The first kappa shape index (κ1) is 26.3. The molecular weight excluding hydrogens is 525 g/mol. The number of aromatic nitrogens is 2. The summed E-state index contributed by atoms with van der Waals surface area (Å²) in [6.45, 7) is 5.10. The molecule has 4 heterocycles. The zero-order valence-corrected chi connectivity index (χ0v) is 22.9. The Morgan fingerprint density at radius 2 is 1.84 bits per heavy atom. The lowest BCUT2D eigenvalue weighted by molar-refractivity contribution is -0.122. The van der Waals surface area contributed by atoms with E-state index >= 15 is 0 Å². The number of piperazine rings is 1. The molecule has 0 spiro atoms. The van der Waals surface area contributed by atoms with E-state index in [4.69, 9.17) is 21.9 Å². The number of pyridine rings is 1. The molecule has 2 aromatic heterocycles. The molecule has 198 valence electrons. The van der Waals surface area contributed by atoms with Crippen molar-refractivity contribution >= 4 is 57.4 Å². The Labute approximate surface area is 229 Å². The third-order valence-electron chi connectivity index (χ3n) is 6.64. The summed E-state index contributed by atoms with van der Waals surface area (Å²) in [6.07, 6.45) is 4.03. The van der Waals surface area contributed by atoms with Gasteiger partial charge < -0.3 is 14.5 Å². The number of nitrogens with zero attached hydrogens (tertiary/aromatic N) is 5. The number of rotatable bonds is 7. The number of hydrogen-bond donors (Lipinski definition) is 0. The van der Waals surface area contributed by atoms with Crippen molar-refractivity contribution in [3.05, 3.63) is 74.8 Å². The van der Waals surface area contributed by atoms with Gasteiger partial charge in [-0.2, -0.15) is 0 Å². The monoisotopic (exact) mass is 553 g/mol. The van der Waals surface area contributed by atoms with Crippen LogP contribution in [0.4, 0.5) is 15.9 Å². The third kappa shape index (κ3) is 5.18. The molecule has 0 bridgehead atoms. The minimum atomic E-state index is -0.258. The van der Waals surface area contributed by atoms with Gasteiger partial charge in [-0.3, -0.25) is 18.9 Å². The van der Waals surface area contributed by atoms with E-state index in [1.807, 2.05) is 34.9 Å². The molecule has 0 aliphatic carbocycles. The smallest absolute Gasteiger partial charge is 0.267 e. The second kappa shape index (κ2) is 11.2. The van der Waals surface area contributed by atoms with Gasteiger partial charge in [-0.05, 0) is 43.2 Å². The van der Waals surface area contributed by atoms with Gasteiger partial charge in [0.1, 0.15) is 21.6 Å². The van der Waals surface area contributed by atoms with Crippen molar-refractivity contribution in [3.8, 4) is 0 Å². The number of fused-ring (bicyclic) bond motifs is 1. The summed E-state index contributed by atoms with van der Waals surface area (Å²) in [4.78, 5) is 37.8. The van der Waals surface area contributed by atoms with Crippen molar-refractivity contribution in [1.82, 2.24) is 14.3 Å². The molecule has 38 heavy (non-hydrogen) atoms. The van der Waals surface area contributed by atoms with Crippen molar-refractivity contribution in [2.75, 3.05) is 56.2 Å². The van der Waals surface area contributed by atoms with Crippen LogP contribution in [0, 0.1) is 12.7 Å². The first-order valence-corrected chi connectivity index (χ1v) is 13.6. The Bertz CT molecular complexity index is 1480. The van der Waals surface area contributed by atoms with E-state index in [0.29, 0.717) is 77.7 Å². The van der Waals surface area contributed by atoms with Crippen LogP contribution in [-0.4, -0.2) is 71.0 Å². The van der Waals surface area contributed by atoms with E-state index in [0.717, 1.165) is 5.56 Å². The fraction of sp³-hybridized carbons (Fsp3) is 0.333. The molecular formula is C27H28FN5O3S2. The SMILES string of the molecule is COCCCN1C(=O)/C(=C/c2c(N3CCN(c4ccccc4F)CC3)nc3ccc(C)cn3c2=O)SC1=S. The van der Waals surface area contributed by atoms with Crippen LogP contribution in [0.1, 0.15) is 17.5 Å². The van der Waals surface area contributed by atoms with Crippen molar-refractivity contribution in [1.29, 1.82) is 0 Å². The molecule has 1 amide bonds. The number of benzene rings is 1. The Morgan fingerprint density at radius 3 is 2.58 bits per heavy atom. The second-order valence-corrected chi connectivity index (χ2v) is 10.9. The summed E-state index contributed by atoms with van der Waals surface area (Å²) < 4.78 is 21.4. The van der Waals surface area contributed by atoms with E-state index in [1.165, 1.54) is 22.2 Å². The molecule has 2 fully saturated rings. The Morgan fingerprint density at radius 1 is 1.11 bits per heavy atom. The Kier molecular flexibility index (Phi) is 7.78. The Hall–Kier alpha value is -3.28. The highest BCUT2D eigenvalue weighted by atomic mass is 32.2. The lowest BCUT2D eigenvalue weighted by Gasteiger charge is -2.37. The third-order valence-corrected chi connectivity index (χ3v) is 8.01. The van der Waals surface area contributed by atoms with Gasteiger partial charge in [0.25, 0.3) is 11.5 Å². The van der Waals surface area contributed by atoms with Crippen molar-refractivity contribution < 1.29 is 13.9 Å². The maximum Gasteiger partial charge on any atom is 0.267 e. The maximum absolute atomic E-state index is 14.4. The van der Waals surface area contributed by atoms with Gasteiger partial charge in [-0.1, -0.05) is 42.2 Å². The largest absolute Gasteiger partial charge is 0.385 e. The summed E-state index contributed by atoms with van der Waals surface area (Å²) in [7, 11) is 1.61. The molecule has 0 atom stereocenters. The summed E-state index contributed by atoms with van der Waals surface area (Å²) in [5, 5.41) is 0. The molecule has 11 heteroatoms. The van der Waals surface area contributed by atoms with E-state index in [2.05, 4.69) is 0 Å². The molecule has 1 aromatic carbocycles. The zero-order chi connectivity index (χ0) is 26.8. The second-order valence-electron chi connectivity index (χ2n) is 9.19. The minimum absolute atomic E-state index is 0.222. The topological polar surface area (TPSA) is 70.4 Å². The van der Waals surface area contributed by atoms with Gasteiger partial charge in [0.15, 0.2) is 0 Å². The van der Waals surface area contributed by atoms with Gasteiger partial charge >= 0.3 is 0 Å². The van der Waals surface area contributed by atoms with E-state index in [-0.39, 0.29) is 17.3 Å². The number of carbonyl (C=O) groups excluding carboxylic acids is 1. The van der Waals surface area contributed by atoms with Crippen LogP contribution in [0.5, 0.6) is 0 Å². The van der Waals surface area contributed by atoms with Crippen LogP contribution in [0.3, 0.4) is 0 Å². The van der Waals surface area contributed by atoms with E-state index in [9.17, 15) is 14.0 Å². The van der Waals surface area contributed by atoms with Gasteiger partial charge in [-0.15, -0.1) is 0 Å². The molecule has 0 N–H and O–H groups in total. The first-order valence-electron chi connectivity index (χ1n) is 12.4. The van der Waals surface area contributed by atoms with Gasteiger partial charge in [0.2, 0.25) is 0 Å². The quantitative estimate of drug-likeness (QED) is 0.249. The van der Waals surface area contributed by atoms with Crippen molar-refractivity contribution in [2.24, 2.45) is 0 Å².